The summed E-state index contributed by atoms with van der Waals surface area (Å²) in [6.45, 7) is 3.62. The minimum absolute atomic E-state index is 0.104. The van der Waals surface area contributed by atoms with Crippen molar-refractivity contribution in [2.45, 2.75) is 77.6 Å². The number of hydrogen-bond donors (Lipinski definition) is 1. The van der Waals surface area contributed by atoms with Crippen molar-refractivity contribution in [1.82, 2.24) is 9.80 Å². The van der Waals surface area contributed by atoms with Gasteiger partial charge in [-0.3, -0.25) is 19.9 Å². The Balaban J connectivity index is 1.34. The Morgan fingerprint density at radius 2 is 1.90 bits per heavy atom. The highest BCUT2D eigenvalue weighted by molar-refractivity contribution is 6.11. The smallest absolute Gasteiger partial charge is 0.233 e. The van der Waals surface area contributed by atoms with E-state index in [9.17, 15) is 9.59 Å². The van der Waals surface area contributed by atoms with Gasteiger partial charge in [0.05, 0.1) is 0 Å². The summed E-state index contributed by atoms with van der Waals surface area (Å²) in [7, 11) is 1.78. The molecule has 5 aliphatic rings. The Morgan fingerprint density at radius 1 is 1.17 bits per heavy atom. The van der Waals surface area contributed by atoms with Crippen LogP contribution in [0, 0.1) is 34.0 Å². The van der Waals surface area contributed by atoms with Crippen molar-refractivity contribution in [3.8, 4) is 0 Å². The molecule has 0 aromatic carbocycles. The zero-order valence-corrected chi connectivity index (χ0v) is 18.7. The summed E-state index contributed by atoms with van der Waals surface area (Å²) in [4.78, 5) is 30.0. The summed E-state index contributed by atoms with van der Waals surface area (Å²) in [5.74, 6) is 2.39. The van der Waals surface area contributed by atoms with E-state index in [1.807, 2.05) is 0 Å². The SMILES string of the molecule is CN1C(=N)C2=CC23CN(C(=O)CC2CC2)C[C@H]3C[C@@](C)(CCC2CCCCC2)C1=O. The van der Waals surface area contributed by atoms with Gasteiger partial charge in [-0.05, 0) is 49.9 Å². The summed E-state index contributed by atoms with van der Waals surface area (Å²) in [5.41, 5.74) is 0.421. The lowest BCUT2D eigenvalue weighted by Crippen LogP contribution is -2.48. The first-order valence-corrected chi connectivity index (χ1v) is 12.2. The number of nitrogens with zero attached hydrogens (tertiary/aromatic N) is 2. The molecule has 5 nitrogen and oxygen atoms in total. The van der Waals surface area contributed by atoms with Crippen LogP contribution in [0.4, 0.5) is 0 Å². The van der Waals surface area contributed by atoms with Gasteiger partial charge in [-0.2, -0.15) is 0 Å². The lowest BCUT2D eigenvalue weighted by atomic mass is 9.68. The van der Waals surface area contributed by atoms with Crippen molar-refractivity contribution in [3.05, 3.63) is 11.6 Å². The summed E-state index contributed by atoms with van der Waals surface area (Å²) in [5, 5.41) is 8.69. The van der Waals surface area contributed by atoms with E-state index in [-0.39, 0.29) is 23.1 Å². The van der Waals surface area contributed by atoms with E-state index < -0.39 is 5.41 Å². The van der Waals surface area contributed by atoms with Crippen molar-refractivity contribution in [2.24, 2.45) is 28.6 Å². The van der Waals surface area contributed by atoms with Crippen LogP contribution in [0.2, 0.25) is 0 Å². The second-order valence-corrected chi connectivity index (χ2v) is 11.2. The third kappa shape index (κ3) is 3.42. The van der Waals surface area contributed by atoms with Gasteiger partial charge in [0.15, 0.2) is 0 Å². The van der Waals surface area contributed by atoms with Gasteiger partial charge in [0.1, 0.15) is 5.84 Å². The van der Waals surface area contributed by atoms with E-state index in [2.05, 4.69) is 17.9 Å². The highest BCUT2D eigenvalue weighted by Crippen LogP contribution is 2.60. The molecule has 5 rings (SSSR count). The lowest BCUT2D eigenvalue weighted by molar-refractivity contribution is -0.138. The van der Waals surface area contributed by atoms with Gasteiger partial charge in [-0.15, -0.1) is 0 Å². The van der Waals surface area contributed by atoms with Crippen LogP contribution in [0.1, 0.15) is 77.6 Å². The fraction of sp³-hybridized carbons (Fsp3) is 0.800. The molecule has 2 saturated carbocycles. The second-order valence-electron chi connectivity index (χ2n) is 11.2. The van der Waals surface area contributed by atoms with E-state index in [0.717, 1.165) is 43.8 Å². The molecular weight excluding hydrogens is 374 g/mol. The molecule has 2 amide bonds. The van der Waals surface area contributed by atoms with Crippen molar-refractivity contribution >= 4 is 17.6 Å². The molecule has 0 bridgehead atoms. The molecule has 1 N–H and O–H groups in total. The number of amidine groups is 1. The number of likely N-dealkylation sites (N-methyl/N-ethyl adjacent to an activating group) is 1. The van der Waals surface area contributed by atoms with Gasteiger partial charge in [-0.1, -0.05) is 45.1 Å². The first-order valence-electron chi connectivity index (χ1n) is 12.2. The molecule has 5 heteroatoms. The van der Waals surface area contributed by atoms with E-state index in [1.54, 1.807) is 11.9 Å². The quantitative estimate of drug-likeness (QED) is 0.730. The molecule has 0 aromatic heterocycles. The summed E-state index contributed by atoms with van der Waals surface area (Å²) < 4.78 is 0. The maximum absolute atomic E-state index is 13.5. The monoisotopic (exact) mass is 411 g/mol. The number of nitrogens with one attached hydrogen (secondary N) is 1. The minimum Gasteiger partial charge on any atom is -0.341 e. The van der Waals surface area contributed by atoms with Crippen LogP contribution in [0.5, 0.6) is 0 Å². The minimum atomic E-state index is -0.437. The molecule has 1 spiro atoms. The van der Waals surface area contributed by atoms with E-state index >= 15 is 0 Å². The van der Waals surface area contributed by atoms with Gasteiger partial charge < -0.3 is 4.90 Å². The number of carbonyl (C=O) groups excluding carboxylic acids is 2. The van der Waals surface area contributed by atoms with Crippen LogP contribution in [0.3, 0.4) is 0 Å². The van der Waals surface area contributed by atoms with Crippen LogP contribution in [-0.4, -0.2) is 47.6 Å². The summed E-state index contributed by atoms with van der Waals surface area (Å²) in [6.07, 6.45) is 14.8. The van der Waals surface area contributed by atoms with E-state index in [0.29, 0.717) is 18.2 Å². The molecule has 2 aliphatic heterocycles. The molecule has 0 radical (unpaired) electrons. The molecule has 2 heterocycles. The fourth-order valence-electron chi connectivity index (χ4n) is 6.58. The first kappa shape index (κ1) is 20.3. The topological polar surface area (TPSA) is 64.5 Å². The Morgan fingerprint density at radius 3 is 2.60 bits per heavy atom. The molecule has 3 aliphatic carbocycles. The molecule has 0 aromatic rings. The predicted molar refractivity (Wildman–Crippen MR) is 117 cm³/mol. The van der Waals surface area contributed by atoms with E-state index in [4.69, 9.17) is 5.41 Å². The van der Waals surface area contributed by atoms with Gasteiger partial charge >= 0.3 is 0 Å². The molecule has 1 unspecified atom stereocenters. The third-order valence-corrected chi connectivity index (χ3v) is 8.89. The summed E-state index contributed by atoms with van der Waals surface area (Å²) in [6, 6.07) is 0. The van der Waals surface area contributed by atoms with Crippen LogP contribution in [0.15, 0.2) is 11.6 Å². The highest BCUT2D eigenvalue weighted by Gasteiger charge is 2.62. The Bertz CT molecular complexity index is 794. The predicted octanol–water partition coefficient (Wildman–Crippen LogP) is 4.38. The van der Waals surface area contributed by atoms with Crippen LogP contribution < -0.4 is 0 Å². The van der Waals surface area contributed by atoms with Crippen molar-refractivity contribution < 1.29 is 9.59 Å². The Hall–Kier alpha value is -1.65. The maximum atomic E-state index is 13.5. The zero-order chi connectivity index (χ0) is 21.1. The number of carbonyl (C=O) groups is 2. The van der Waals surface area contributed by atoms with Gasteiger partial charge in [0.2, 0.25) is 11.8 Å². The zero-order valence-electron chi connectivity index (χ0n) is 18.7. The van der Waals surface area contributed by atoms with Gasteiger partial charge in [0, 0.05) is 43.0 Å². The molecule has 164 valence electrons. The van der Waals surface area contributed by atoms with Crippen LogP contribution in [0.25, 0.3) is 0 Å². The van der Waals surface area contributed by atoms with Crippen molar-refractivity contribution in [3.63, 3.8) is 0 Å². The average Bonchev–Trinajstić information content (AvgIpc) is 3.65. The molecule has 2 saturated heterocycles. The van der Waals surface area contributed by atoms with Gasteiger partial charge in [0.25, 0.3) is 0 Å². The normalized spacial score (nSPS) is 36.7. The number of hydrogen-bond acceptors (Lipinski definition) is 3. The third-order valence-electron chi connectivity index (χ3n) is 8.89. The van der Waals surface area contributed by atoms with Crippen molar-refractivity contribution in [2.75, 3.05) is 20.1 Å². The number of likely N-dealkylation sites (tertiary alicyclic amines) is 2. The molecule has 4 fully saturated rings. The average molecular weight is 412 g/mol. The highest BCUT2D eigenvalue weighted by atomic mass is 16.2. The molecular formula is C25H37N3O2. The number of amides is 2. The summed E-state index contributed by atoms with van der Waals surface area (Å²) >= 11 is 0. The van der Waals surface area contributed by atoms with Crippen LogP contribution in [-0.2, 0) is 9.59 Å². The van der Waals surface area contributed by atoms with Crippen LogP contribution >= 0.6 is 0 Å². The molecule has 30 heavy (non-hydrogen) atoms. The number of rotatable bonds is 5. The maximum Gasteiger partial charge on any atom is 0.233 e. The van der Waals surface area contributed by atoms with Gasteiger partial charge in [-0.25, -0.2) is 0 Å². The Labute approximate surface area is 180 Å². The van der Waals surface area contributed by atoms with Crippen molar-refractivity contribution in [1.29, 1.82) is 5.41 Å². The standard InChI is InChI=1S/C25H37N3O2/c1-24(11-10-17-6-4-3-5-7-17)13-19-15-28(21(29)12-18-8-9-18)16-25(19)14-20(25)22(26)27(2)23(24)30/h14,17-19,26H,3-13,15-16H2,1-2H3/t19-,24-,25?/m1/s1. The molecule has 3 atom stereocenters. The first-order chi connectivity index (χ1) is 14.3. The largest absolute Gasteiger partial charge is 0.341 e. The van der Waals surface area contributed by atoms with E-state index in [1.165, 1.54) is 44.9 Å². The Kier molecular flexibility index (Phi) is 4.86. The lowest BCUT2D eigenvalue weighted by Gasteiger charge is -2.39. The fourth-order valence-corrected chi connectivity index (χ4v) is 6.58. The second kappa shape index (κ2) is 7.20.